The van der Waals surface area contributed by atoms with Gasteiger partial charge in [0.05, 0.1) is 0 Å². The van der Waals surface area contributed by atoms with Gasteiger partial charge in [-0.15, -0.1) is 10.2 Å². The van der Waals surface area contributed by atoms with Crippen LogP contribution in [0, 0.1) is 6.92 Å². The number of rotatable bonds is 4. The topological polar surface area (TPSA) is 66.9 Å². The van der Waals surface area contributed by atoms with E-state index in [2.05, 4.69) is 20.8 Å². The number of carbonyl (C=O) groups is 1. The lowest BCUT2D eigenvalue weighted by Crippen LogP contribution is -2.31. The third kappa shape index (κ3) is 3.90. The first kappa shape index (κ1) is 13.8. The lowest BCUT2D eigenvalue weighted by Gasteiger charge is -2.14. The molecule has 1 amide bonds. The van der Waals surface area contributed by atoms with E-state index in [1.54, 1.807) is 19.1 Å². The van der Waals surface area contributed by atoms with Crippen LogP contribution in [0.4, 0.5) is 10.8 Å². The summed E-state index contributed by atoms with van der Waals surface area (Å²) >= 11 is 7.22. The Labute approximate surface area is 120 Å². The second-order valence-electron chi connectivity index (χ2n) is 3.99. The molecule has 0 radical (unpaired) electrons. The SMILES string of the molecule is Cc1nnc(NC(=O)[C@H](C)Nc2cccc(Cl)c2)s1. The van der Waals surface area contributed by atoms with Gasteiger partial charge in [0, 0.05) is 10.7 Å². The summed E-state index contributed by atoms with van der Waals surface area (Å²) in [6.07, 6.45) is 0. The van der Waals surface area contributed by atoms with Crippen molar-refractivity contribution < 1.29 is 4.79 Å². The highest BCUT2D eigenvalue weighted by molar-refractivity contribution is 7.15. The Bertz CT molecular complexity index is 587. The minimum Gasteiger partial charge on any atom is -0.374 e. The lowest BCUT2D eigenvalue weighted by molar-refractivity contribution is -0.116. The predicted molar refractivity (Wildman–Crippen MR) is 77.8 cm³/mol. The summed E-state index contributed by atoms with van der Waals surface area (Å²) in [5.74, 6) is -0.170. The molecule has 0 spiro atoms. The van der Waals surface area contributed by atoms with Crippen molar-refractivity contribution >= 4 is 39.7 Å². The number of hydrogen-bond donors (Lipinski definition) is 2. The van der Waals surface area contributed by atoms with Crippen LogP contribution in [0.15, 0.2) is 24.3 Å². The second-order valence-corrected chi connectivity index (χ2v) is 5.61. The number of benzene rings is 1. The lowest BCUT2D eigenvalue weighted by atomic mass is 10.2. The number of anilines is 2. The largest absolute Gasteiger partial charge is 0.374 e. The molecule has 2 rings (SSSR count). The maximum atomic E-state index is 11.9. The molecule has 0 bridgehead atoms. The van der Waals surface area contributed by atoms with Gasteiger partial charge in [0.15, 0.2) is 0 Å². The van der Waals surface area contributed by atoms with Crippen molar-refractivity contribution in [2.75, 3.05) is 10.6 Å². The smallest absolute Gasteiger partial charge is 0.248 e. The molecule has 5 nitrogen and oxygen atoms in total. The maximum absolute atomic E-state index is 11.9. The van der Waals surface area contributed by atoms with Crippen molar-refractivity contribution in [2.45, 2.75) is 19.9 Å². The first-order chi connectivity index (χ1) is 9.04. The van der Waals surface area contributed by atoms with E-state index < -0.39 is 6.04 Å². The fourth-order valence-corrected chi connectivity index (χ4v) is 2.24. The summed E-state index contributed by atoms with van der Waals surface area (Å²) in [6, 6.07) is 6.82. The molecular weight excluding hydrogens is 284 g/mol. The van der Waals surface area contributed by atoms with Crippen LogP contribution in [0.3, 0.4) is 0 Å². The number of halogens is 1. The normalized spacial score (nSPS) is 11.9. The Hall–Kier alpha value is -1.66. The molecule has 1 aromatic heterocycles. The van der Waals surface area contributed by atoms with E-state index in [0.717, 1.165) is 10.7 Å². The molecule has 100 valence electrons. The predicted octanol–water partition coefficient (Wildman–Crippen LogP) is 2.94. The van der Waals surface area contributed by atoms with Crippen molar-refractivity contribution in [1.29, 1.82) is 0 Å². The van der Waals surface area contributed by atoms with Crippen LogP contribution in [0.2, 0.25) is 5.02 Å². The number of amides is 1. The Morgan fingerprint density at radius 3 is 2.84 bits per heavy atom. The van der Waals surface area contributed by atoms with Gasteiger partial charge in [0.1, 0.15) is 11.0 Å². The highest BCUT2D eigenvalue weighted by Gasteiger charge is 2.14. The quantitative estimate of drug-likeness (QED) is 0.910. The van der Waals surface area contributed by atoms with E-state index in [1.165, 1.54) is 11.3 Å². The molecule has 1 heterocycles. The van der Waals surface area contributed by atoms with E-state index in [4.69, 9.17) is 11.6 Å². The standard InChI is InChI=1S/C12H13ClN4OS/c1-7(14-10-5-3-4-9(13)6-10)11(18)15-12-17-16-8(2)19-12/h3-7,14H,1-2H3,(H,15,17,18)/t7-/m0/s1. The van der Waals surface area contributed by atoms with Gasteiger partial charge in [0.2, 0.25) is 11.0 Å². The van der Waals surface area contributed by atoms with Crippen molar-refractivity contribution in [3.8, 4) is 0 Å². The molecule has 7 heteroatoms. The summed E-state index contributed by atoms with van der Waals surface area (Å²) in [7, 11) is 0. The van der Waals surface area contributed by atoms with Gasteiger partial charge >= 0.3 is 0 Å². The van der Waals surface area contributed by atoms with Crippen LogP contribution in [-0.4, -0.2) is 22.1 Å². The van der Waals surface area contributed by atoms with Crippen molar-refractivity contribution in [3.05, 3.63) is 34.3 Å². The van der Waals surface area contributed by atoms with Crippen LogP contribution < -0.4 is 10.6 Å². The molecule has 0 saturated heterocycles. The van der Waals surface area contributed by atoms with Crippen LogP contribution in [0.1, 0.15) is 11.9 Å². The summed E-state index contributed by atoms with van der Waals surface area (Å²) in [6.45, 7) is 3.60. The minimum absolute atomic E-state index is 0.170. The van der Waals surface area contributed by atoms with Gasteiger partial charge in [-0.25, -0.2) is 0 Å². The number of hydrogen-bond acceptors (Lipinski definition) is 5. The van der Waals surface area contributed by atoms with Gasteiger partial charge in [0.25, 0.3) is 0 Å². The Morgan fingerprint density at radius 1 is 1.42 bits per heavy atom. The third-order valence-corrected chi connectivity index (χ3v) is 3.35. The molecule has 1 atom stereocenters. The molecule has 0 fully saturated rings. The van der Waals surface area contributed by atoms with Gasteiger partial charge in [-0.2, -0.15) is 0 Å². The maximum Gasteiger partial charge on any atom is 0.248 e. The number of aryl methyl sites for hydroxylation is 1. The molecule has 2 aromatic rings. The molecule has 0 unspecified atom stereocenters. The van der Waals surface area contributed by atoms with Crippen molar-refractivity contribution in [2.24, 2.45) is 0 Å². The summed E-state index contributed by atoms with van der Waals surface area (Å²) < 4.78 is 0. The van der Waals surface area contributed by atoms with E-state index in [-0.39, 0.29) is 5.91 Å². The van der Waals surface area contributed by atoms with Gasteiger partial charge in [-0.3, -0.25) is 10.1 Å². The van der Waals surface area contributed by atoms with Gasteiger partial charge in [-0.05, 0) is 32.0 Å². The second kappa shape index (κ2) is 5.99. The Balaban J connectivity index is 1.96. The van der Waals surface area contributed by atoms with E-state index in [0.29, 0.717) is 10.2 Å². The number of nitrogens with zero attached hydrogens (tertiary/aromatic N) is 2. The molecule has 0 aliphatic heterocycles. The molecule has 0 saturated carbocycles. The van der Waals surface area contributed by atoms with E-state index >= 15 is 0 Å². The van der Waals surface area contributed by atoms with Crippen LogP contribution >= 0.6 is 22.9 Å². The van der Waals surface area contributed by atoms with Gasteiger partial charge < -0.3 is 5.32 Å². The molecule has 19 heavy (non-hydrogen) atoms. The molecule has 0 aliphatic carbocycles. The van der Waals surface area contributed by atoms with Crippen LogP contribution in [0.5, 0.6) is 0 Å². The average Bonchev–Trinajstić information content (AvgIpc) is 2.74. The molecule has 2 N–H and O–H groups in total. The minimum atomic E-state index is -0.400. The molecule has 0 aliphatic rings. The fraction of sp³-hybridized carbons (Fsp3) is 0.250. The summed E-state index contributed by atoms with van der Waals surface area (Å²) in [5.41, 5.74) is 0.795. The Kier molecular flexibility index (Phi) is 4.34. The van der Waals surface area contributed by atoms with E-state index in [1.807, 2.05) is 19.1 Å². The van der Waals surface area contributed by atoms with E-state index in [9.17, 15) is 4.79 Å². The first-order valence-corrected chi connectivity index (χ1v) is 6.87. The zero-order chi connectivity index (χ0) is 13.8. The summed E-state index contributed by atoms with van der Waals surface area (Å²) in [4.78, 5) is 11.9. The van der Waals surface area contributed by atoms with Gasteiger partial charge in [-0.1, -0.05) is 29.0 Å². The molecule has 1 aromatic carbocycles. The van der Waals surface area contributed by atoms with Crippen molar-refractivity contribution in [3.63, 3.8) is 0 Å². The Morgan fingerprint density at radius 2 is 2.21 bits per heavy atom. The molecular formula is C12H13ClN4OS. The first-order valence-electron chi connectivity index (χ1n) is 5.67. The van der Waals surface area contributed by atoms with Crippen LogP contribution in [-0.2, 0) is 4.79 Å². The third-order valence-electron chi connectivity index (χ3n) is 2.36. The van der Waals surface area contributed by atoms with Crippen molar-refractivity contribution in [1.82, 2.24) is 10.2 Å². The number of carbonyl (C=O) groups excluding carboxylic acids is 1. The zero-order valence-electron chi connectivity index (χ0n) is 10.5. The highest BCUT2D eigenvalue weighted by atomic mass is 35.5. The number of aromatic nitrogens is 2. The van der Waals surface area contributed by atoms with Crippen LogP contribution in [0.25, 0.3) is 0 Å². The number of nitrogens with one attached hydrogen (secondary N) is 2. The highest BCUT2D eigenvalue weighted by Crippen LogP contribution is 2.17. The summed E-state index contributed by atoms with van der Waals surface area (Å²) in [5, 5.41) is 15.4. The zero-order valence-corrected chi connectivity index (χ0v) is 12.0. The monoisotopic (exact) mass is 296 g/mol. The fourth-order valence-electron chi connectivity index (χ4n) is 1.45. The average molecular weight is 297 g/mol.